The first kappa shape index (κ1) is 17.0. The lowest BCUT2D eigenvalue weighted by molar-refractivity contribution is -0.136. The number of ether oxygens (including phenoxy) is 1. The minimum absolute atomic E-state index is 0.162. The first-order valence-electron chi connectivity index (χ1n) is 8.06. The molecular formula is C17H19BrN2O4. The molecule has 1 atom stereocenters. The molecule has 2 aliphatic rings. The third kappa shape index (κ3) is 3.45. The highest BCUT2D eigenvalue weighted by Gasteiger charge is 2.39. The first-order chi connectivity index (χ1) is 11.6. The zero-order chi connectivity index (χ0) is 17.1. The molecule has 2 aliphatic heterocycles. The van der Waals surface area contributed by atoms with Crippen LogP contribution in [-0.4, -0.2) is 40.6 Å². The summed E-state index contributed by atoms with van der Waals surface area (Å²) in [7, 11) is 0. The van der Waals surface area contributed by atoms with Crippen molar-refractivity contribution in [3.63, 3.8) is 0 Å². The fourth-order valence-corrected chi connectivity index (χ4v) is 3.42. The Morgan fingerprint density at radius 1 is 1.25 bits per heavy atom. The van der Waals surface area contributed by atoms with E-state index in [1.807, 2.05) is 6.07 Å². The van der Waals surface area contributed by atoms with Gasteiger partial charge in [-0.05, 0) is 43.0 Å². The molecule has 0 aliphatic carbocycles. The molecule has 1 aromatic rings. The molecule has 1 saturated heterocycles. The summed E-state index contributed by atoms with van der Waals surface area (Å²) in [4.78, 5) is 37.4. The van der Waals surface area contributed by atoms with Gasteiger partial charge in [0.15, 0.2) is 0 Å². The summed E-state index contributed by atoms with van der Waals surface area (Å²) in [5.74, 6) is -0.0928. The summed E-state index contributed by atoms with van der Waals surface area (Å²) in [5.41, 5.74) is 1.47. The molecule has 7 heteroatoms. The zero-order valence-corrected chi connectivity index (χ0v) is 14.8. The van der Waals surface area contributed by atoms with Crippen LogP contribution in [0.1, 0.15) is 41.6 Å². The summed E-state index contributed by atoms with van der Waals surface area (Å²) in [5, 5.41) is 3.26. The zero-order valence-electron chi connectivity index (χ0n) is 13.2. The number of hydrogen-bond acceptors (Lipinski definition) is 4. The molecule has 3 amide bonds. The van der Waals surface area contributed by atoms with Crippen LogP contribution in [0.5, 0.6) is 5.75 Å². The van der Waals surface area contributed by atoms with Gasteiger partial charge in [-0.2, -0.15) is 0 Å². The molecular weight excluding hydrogens is 376 g/mol. The first-order valence-corrected chi connectivity index (χ1v) is 9.18. The predicted octanol–water partition coefficient (Wildman–Crippen LogP) is 2.00. The van der Waals surface area contributed by atoms with Gasteiger partial charge >= 0.3 is 0 Å². The lowest BCUT2D eigenvalue weighted by Gasteiger charge is -2.29. The molecule has 0 spiro atoms. The highest BCUT2D eigenvalue weighted by molar-refractivity contribution is 9.09. The second kappa shape index (κ2) is 7.34. The van der Waals surface area contributed by atoms with Crippen molar-refractivity contribution in [2.24, 2.45) is 0 Å². The van der Waals surface area contributed by atoms with E-state index in [9.17, 15) is 14.4 Å². The second-order valence-corrected chi connectivity index (χ2v) is 6.76. The van der Waals surface area contributed by atoms with Gasteiger partial charge in [-0.15, -0.1) is 0 Å². The molecule has 1 N–H and O–H groups in total. The molecule has 0 bridgehead atoms. The monoisotopic (exact) mass is 394 g/mol. The maximum absolute atomic E-state index is 12.5. The smallest absolute Gasteiger partial charge is 0.255 e. The topological polar surface area (TPSA) is 75.7 Å². The van der Waals surface area contributed by atoms with E-state index in [0.717, 1.165) is 29.5 Å². The van der Waals surface area contributed by atoms with Crippen molar-refractivity contribution in [3.05, 3.63) is 29.3 Å². The van der Waals surface area contributed by atoms with Gasteiger partial charge in [0.1, 0.15) is 11.8 Å². The summed E-state index contributed by atoms with van der Waals surface area (Å²) in [6.07, 6.45) is 2.65. The van der Waals surface area contributed by atoms with Crippen molar-refractivity contribution < 1.29 is 19.1 Å². The number of rotatable bonds is 6. The standard InChI is InChI=1S/C17H19BrN2O4/c18-7-1-2-8-24-12-3-4-13-11(9-12)10-20(17(13)23)14-5-6-15(21)19-16(14)22/h3-4,9,14H,1-2,5-8,10H2,(H,19,21,22). The maximum atomic E-state index is 12.5. The average molecular weight is 395 g/mol. The summed E-state index contributed by atoms with van der Waals surface area (Å²) < 4.78 is 5.71. The number of unbranched alkanes of at least 4 members (excludes halogenated alkanes) is 1. The number of carbonyl (C=O) groups is 3. The number of nitrogens with one attached hydrogen (secondary N) is 1. The minimum atomic E-state index is -0.578. The Kier molecular flexibility index (Phi) is 5.18. The number of imide groups is 1. The van der Waals surface area contributed by atoms with Crippen molar-refractivity contribution >= 4 is 33.7 Å². The molecule has 0 saturated carbocycles. The maximum Gasteiger partial charge on any atom is 0.255 e. The molecule has 24 heavy (non-hydrogen) atoms. The lowest BCUT2D eigenvalue weighted by Crippen LogP contribution is -2.52. The lowest BCUT2D eigenvalue weighted by atomic mass is 10.0. The van der Waals surface area contributed by atoms with E-state index >= 15 is 0 Å². The van der Waals surface area contributed by atoms with Gasteiger partial charge in [-0.1, -0.05) is 15.9 Å². The van der Waals surface area contributed by atoms with Crippen molar-refractivity contribution in [1.82, 2.24) is 10.2 Å². The minimum Gasteiger partial charge on any atom is -0.494 e. The van der Waals surface area contributed by atoms with E-state index in [4.69, 9.17) is 4.74 Å². The highest BCUT2D eigenvalue weighted by atomic mass is 79.9. The van der Waals surface area contributed by atoms with Gasteiger partial charge in [0.25, 0.3) is 5.91 Å². The normalized spacial score (nSPS) is 20.1. The number of hydrogen-bond donors (Lipinski definition) is 1. The summed E-state index contributed by atoms with van der Waals surface area (Å²) in [6.45, 7) is 1.01. The van der Waals surface area contributed by atoms with Gasteiger partial charge in [-0.3, -0.25) is 19.7 Å². The summed E-state index contributed by atoms with van der Waals surface area (Å²) >= 11 is 3.38. The largest absolute Gasteiger partial charge is 0.494 e. The molecule has 1 fully saturated rings. The van der Waals surface area contributed by atoms with E-state index in [1.54, 1.807) is 17.0 Å². The van der Waals surface area contributed by atoms with Crippen LogP contribution in [0.25, 0.3) is 0 Å². The molecule has 3 rings (SSSR count). The molecule has 1 unspecified atom stereocenters. The number of piperidine rings is 1. The number of carbonyl (C=O) groups excluding carboxylic acids is 3. The Labute approximate surface area is 148 Å². The van der Waals surface area contributed by atoms with Gasteiger partial charge in [0.05, 0.1) is 6.61 Å². The number of alkyl halides is 1. The average Bonchev–Trinajstić information content (AvgIpc) is 2.88. The third-order valence-corrected chi connectivity index (χ3v) is 4.85. The highest BCUT2D eigenvalue weighted by Crippen LogP contribution is 2.30. The fraction of sp³-hybridized carbons (Fsp3) is 0.471. The molecule has 6 nitrogen and oxygen atoms in total. The van der Waals surface area contributed by atoms with Crippen LogP contribution in [0.15, 0.2) is 18.2 Å². The van der Waals surface area contributed by atoms with Crippen LogP contribution in [-0.2, 0) is 16.1 Å². The van der Waals surface area contributed by atoms with Gasteiger partial charge in [0.2, 0.25) is 11.8 Å². The molecule has 1 aromatic carbocycles. The number of halogens is 1. The fourth-order valence-electron chi connectivity index (χ4n) is 3.03. The number of benzene rings is 1. The van der Waals surface area contributed by atoms with E-state index in [0.29, 0.717) is 25.1 Å². The number of fused-ring (bicyclic) bond motifs is 1. The van der Waals surface area contributed by atoms with Crippen molar-refractivity contribution in [1.29, 1.82) is 0 Å². The second-order valence-electron chi connectivity index (χ2n) is 5.96. The summed E-state index contributed by atoms with van der Waals surface area (Å²) in [6, 6.07) is 4.83. The van der Waals surface area contributed by atoms with Gasteiger partial charge in [0, 0.05) is 23.9 Å². The van der Waals surface area contributed by atoms with E-state index in [1.165, 1.54) is 0 Å². The van der Waals surface area contributed by atoms with Crippen LogP contribution in [0.2, 0.25) is 0 Å². The van der Waals surface area contributed by atoms with Crippen LogP contribution in [0.3, 0.4) is 0 Å². The van der Waals surface area contributed by atoms with Crippen LogP contribution >= 0.6 is 15.9 Å². The van der Waals surface area contributed by atoms with E-state index < -0.39 is 11.9 Å². The number of amides is 3. The Balaban J connectivity index is 1.68. The van der Waals surface area contributed by atoms with Gasteiger partial charge in [-0.25, -0.2) is 0 Å². The van der Waals surface area contributed by atoms with Crippen LogP contribution in [0, 0.1) is 0 Å². The Morgan fingerprint density at radius 2 is 2.08 bits per heavy atom. The molecule has 128 valence electrons. The molecule has 0 aromatic heterocycles. The molecule has 0 radical (unpaired) electrons. The number of nitrogens with zero attached hydrogens (tertiary/aromatic N) is 1. The Morgan fingerprint density at radius 3 is 2.83 bits per heavy atom. The SMILES string of the molecule is O=C1CCC(N2Cc3cc(OCCCCBr)ccc3C2=O)C(=O)N1. The van der Waals surface area contributed by atoms with Crippen LogP contribution < -0.4 is 10.1 Å². The quantitative estimate of drug-likeness (QED) is 0.454. The van der Waals surface area contributed by atoms with Crippen molar-refractivity contribution in [2.75, 3.05) is 11.9 Å². The van der Waals surface area contributed by atoms with E-state index in [-0.39, 0.29) is 18.2 Å². The predicted molar refractivity (Wildman–Crippen MR) is 91.0 cm³/mol. The third-order valence-electron chi connectivity index (χ3n) is 4.29. The van der Waals surface area contributed by atoms with Crippen LogP contribution in [0.4, 0.5) is 0 Å². The van der Waals surface area contributed by atoms with E-state index in [2.05, 4.69) is 21.2 Å². The van der Waals surface area contributed by atoms with Crippen molar-refractivity contribution in [2.45, 2.75) is 38.3 Å². The van der Waals surface area contributed by atoms with Crippen molar-refractivity contribution in [3.8, 4) is 5.75 Å². The van der Waals surface area contributed by atoms with Gasteiger partial charge < -0.3 is 9.64 Å². The molecule has 2 heterocycles. The Bertz CT molecular complexity index is 677. The Hall–Kier alpha value is -1.89.